The third-order valence-electron chi connectivity index (χ3n) is 3.89. The monoisotopic (exact) mass is 444 g/mol. The molecule has 0 atom stereocenters. The second kappa shape index (κ2) is 9.59. The maximum absolute atomic E-state index is 12.7. The van der Waals surface area contributed by atoms with Crippen LogP contribution in [-0.2, 0) is 14.6 Å². The Morgan fingerprint density at radius 2 is 1.83 bits per heavy atom. The number of sulfone groups is 1. The number of amides is 1. The molecule has 0 unspecified atom stereocenters. The predicted molar refractivity (Wildman–Crippen MR) is 115 cm³/mol. The molecule has 3 rings (SSSR count). The number of carbonyl (C=O) groups excluding carboxylic acids is 1. The van der Waals surface area contributed by atoms with Gasteiger partial charge in [-0.25, -0.2) is 18.4 Å². The SMILES string of the molecule is CCOc1ccc(NC(=O)CSc2ncc(S(=O)(=O)c3ccccc3)c(N)n2)cc1. The number of rotatable bonds is 8. The standard InChI is InChI=1S/C20H20N4O4S2/c1-2-28-15-10-8-14(9-11-15)23-18(25)13-29-20-22-12-17(19(21)24-20)30(26,27)16-6-4-3-5-7-16/h3-12H,2,13H2,1H3,(H,23,25)(H2,21,22,24). The minimum absolute atomic E-state index is 0.0391. The van der Waals surface area contributed by atoms with Crippen molar-refractivity contribution in [3.8, 4) is 5.75 Å². The molecule has 0 saturated carbocycles. The van der Waals surface area contributed by atoms with E-state index < -0.39 is 9.84 Å². The van der Waals surface area contributed by atoms with Gasteiger partial charge >= 0.3 is 0 Å². The molecular formula is C20H20N4O4S2. The molecule has 3 aromatic rings. The first-order valence-corrected chi connectivity index (χ1v) is 11.4. The van der Waals surface area contributed by atoms with Crippen LogP contribution in [-0.4, -0.2) is 36.7 Å². The number of ether oxygens (including phenoxy) is 1. The fourth-order valence-corrected chi connectivity index (χ4v) is 4.40. The first kappa shape index (κ1) is 21.6. The van der Waals surface area contributed by atoms with Crippen molar-refractivity contribution in [2.45, 2.75) is 21.9 Å². The number of nitrogens with two attached hydrogens (primary N) is 1. The van der Waals surface area contributed by atoms with Gasteiger partial charge in [0, 0.05) is 5.69 Å². The van der Waals surface area contributed by atoms with Crippen LogP contribution in [0.3, 0.4) is 0 Å². The first-order chi connectivity index (χ1) is 14.4. The lowest BCUT2D eigenvalue weighted by Gasteiger charge is -2.08. The van der Waals surface area contributed by atoms with Crippen molar-refractivity contribution >= 4 is 39.0 Å². The number of nitrogen functional groups attached to an aromatic ring is 1. The van der Waals surface area contributed by atoms with Crippen molar-refractivity contribution in [2.24, 2.45) is 0 Å². The van der Waals surface area contributed by atoms with Crippen LogP contribution in [0.4, 0.5) is 11.5 Å². The summed E-state index contributed by atoms with van der Waals surface area (Å²) in [5, 5.41) is 2.96. The largest absolute Gasteiger partial charge is 0.494 e. The van der Waals surface area contributed by atoms with Gasteiger partial charge in [-0.1, -0.05) is 30.0 Å². The summed E-state index contributed by atoms with van der Waals surface area (Å²) in [4.78, 5) is 20.2. The van der Waals surface area contributed by atoms with Gasteiger partial charge in [-0.2, -0.15) is 0 Å². The van der Waals surface area contributed by atoms with Crippen molar-refractivity contribution < 1.29 is 17.9 Å². The molecular weight excluding hydrogens is 424 g/mol. The van der Waals surface area contributed by atoms with Crippen molar-refractivity contribution in [1.82, 2.24) is 9.97 Å². The van der Waals surface area contributed by atoms with Crippen LogP contribution in [0, 0.1) is 0 Å². The predicted octanol–water partition coefficient (Wildman–Crippen LogP) is 3.02. The summed E-state index contributed by atoms with van der Waals surface area (Å²) in [6.45, 7) is 2.46. The van der Waals surface area contributed by atoms with Gasteiger partial charge in [-0.15, -0.1) is 0 Å². The molecule has 0 spiro atoms. The Morgan fingerprint density at radius 3 is 2.47 bits per heavy atom. The average molecular weight is 445 g/mol. The van der Waals surface area contributed by atoms with Crippen molar-refractivity contribution in [3.05, 3.63) is 60.8 Å². The number of thioether (sulfide) groups is 1. The van der Waals surface area contributed by atoms with E-state index in [2.05, 4.69) is 15.3 Å². The van der Waals surface area contributed by atoms with Crippen molar-refractivity contribution in [1.29, 1.82) is 0 Å². The lowest BCUT2D eigenvalue weighted by Crippen LogP contribution is -2.14. The van der Waals surface area contributed by atoms with Gasteiger partial charge in [-0.05, 0) is 43.3 Å². The topological polar surface area (TPSA) is 124 Å². The molecule has 0 aliphatic carbocycles. The number of benzene rings is 2. The highest BCUT2D eigenvalue weighted by atomic mass is 32.2. The summed E-state index contributed by atoms with van der Waals surface area (Å²) in [6, 6.07) is 14.9. The minimum atomic E-state index is -3.81. The number of aromatic nitrogens is 2. The Balaban J connectivity index is 1.62. The van der Waals surface area contributed by atoms with Crippen LogP contribution in [0.5, 0.6) is 5.75 Å². The lowest BCUT2D eigenvalue weighted by atomic mass is 10.3. The minimum Gasteiger partial charge on any atom is -0.494 e. The van der Waals surface area contributed by atoms with Gasteiger partial charge < -0.3 is 15.8 Å². The van der Waals surface area contributed by atoms with E-state index in [0.717, 1.165) is 23.7 Å². The first-order valence-electron chi connectivity index (χ1n) is 8.98. The number of nitrogens with zero attached hydrogens (tertiary/aromatic N) is 2. The summed E-state index contributed by atoms with van der Waals surface area (Å²) in [6.07, 6.45) is 1.16. The molecule has 30 heavy (non-hydrogen) atoms. The van der Waals surface area contributed by atoms with Crippen molar-refractivity contribution in [2.75, 3.05) is 23.4 Å². The average Bonchev–Trinajstić information content (AvgIpc) is 2.74. The Hall–Kier alpha value is -3.11. The Morgan fingerprint density at radius 1 is 1.13 bits per heavy atom. The molecule has 1 amide bonds. The number of hydrogen-bond donors (Lipinski definition) is 2. The summed E-state index contributed by atoms with van der Waals surface area (Å²) in [5.74, 6) is 0.340. The molecule has 156 valence electrons. The summed E-state index contributed by atoms with van der Waals surface area (Å²) < 4.78 is 30.7. The van der Waals surface area contributed by atoms with E-state index in [9.17, 15) is 13.2 Å². The van der Waals surface area contributed by atoms with E-state index in [0.29, 0.717) is 12.3 Å². The van der Waals surface area contributed by atoms with Crippen LogP contribution in [0.25, 0.3) is 0 Å². The fourth-order valence-electron chi connectivity index (χ4n) is 2.50. The van der Waals surface area contributed by atoms with Crippen molar-refractivity contribution in [3.63, 3.8) is 0 Å². The van der Waals surface area contributed by atoms with E-state index >= 15 is 0 Å². The molecule has 0 bridgehead atoms. The number of nitrogens with one attached hydrogen (secondary N) is 1. The Bertz CT molecular complexity index is 1120. The molecule has 0 aliphatic rings. The van der Waals surface area contributed by atoms with E-state index in [4.69, 9.17) is 10.5 Å². The zero-order valence-corrected chi connectivity index (χ0v) is 17.7. The molecule has 1 aromatic heterocycles. The van der Waals surface area contributed by atoms with Gasteiger partial charge in [0.25, 0.3) is 0 Å². The molecule has 0 saturated heterocycles. The van der Waals surface area contributed by atoms with Crippen LogP contribution >= 0.6 is 11.8 Å². The van der Waals surface area contributed by atoms with Crippen LogP contribution in [0.15, 0.2) is 75.7 Å². The Kier molecular flexibility index (Phi) is 6.91. The van der Waals surface area contributed by atoms with E-state index in [1.807, 2.05) is 6.92 Å². The molecule has 2 aromatic carbocycles. The summed E-state index contributed by atoms with van der Waals surface area (Å²) >= 11 is 1.05. The van der Waals surface area contributed by atoms with Crippen LogP contribution < -0.4 is 15.8 Å². The Labute approximate surface area is 178 Å². The molecule has 0 aliphatic heterocycles. The zero-order valence-electron chi connectivity index (χ0n) is 16.1. The molecule has 3 N–H and O–H groups in total. The van der Waals surface area contributed by atoms with Crippen LogP contribution in [0.1, 0.15) is 6.92 Å². The van der Waals surface area contributed by atoms with E-state index in [1.165, 1.54) is 12.1 Å². The highest BCUT2D eigenvalue weighted by Crippen LogP contribution is 2.26. The smallest absolute Gasteiger partial charge is 0.234 e. The fraction of sp³-hybridized carbons (Fsp3) is 0.150. The van der Waals surface area contributed by atoms with E-state index in [-0.39, 0.29) is 32.4 Å². The number of carbonyl (C=O) groups is 1. The number of anilines is 2. The van der Waals surface area contributed by atoms with Gasteiger partial charge in [0.05, 0.1) is 23.5 Å². The third kappa shape index (κ3) is 5.28. The summed E-state index contributed by atoms with van der Waals surface area (Å²) in [7, 11) is -3.81. The zero-order chi connectivity index (χ0) is 21.6. The van der Waals surface area contributed by atoms with Gasteiger partial charge in [0.2, 0.25) is 15.7 Å². The quantitative estimate of drug-likeness (QED) is 0.401. The molecule has 8 nitrogen and oxygen atoms in total. The normalized spacial score (nSPS) is 11.1. The number of hydrogen-bond acceptors (Lipinski definition) is 8. The van der Waals surface area contributed by atoms with Crippen LogP contribution in [0.2, 0.25) is 0 Å². The molecule has 0 fully saturated rings. The summed E-state index contributed by atoms with van der Waals surface area (Å²) in [5.41, 5.74) is 6.49. The highest BCUT2D eigenvalue weighted by molar-refractivity contribution is 7.99. The van der Waals surface area contributed by atoms with Gasteiger partial charge in [0.1, 0.15) is 16.5 Å². The second-order valence-electron chi connectivity index (χ2n) is 6.01. The van der Waals surface area contributed by atoms with Gasteiger partial charge in [-0.3, -0.25) is 4.79 Å². The molecule has 1 heterocycles. The molecule has 10 heteroatoms. The maximum atomic E-state index is 12.7. The van der Waals surface area contributed by atoms with Gasteiger partial charge in [0.15, 0.2) is 5.16 Å². The maximum Gasteiger partial charge on any atom is 0.234 e. The highest BCUT2D eigenvalue weighted by Gasteiger charge is 2.22. The third-order valence-corrected chi connectivity index (χ3v) is 6.53. The van der Waals surface area contributed by atoms with E-state index in [1.54, 1.807) is 42.5 Å². The molecule has 0 radical (unpaired) electrons. The second-order valence-corrected chi connectivity index (χ2v) is 8.87. The lowest BCUT2D eigenvalue weighted by molar-refractivity contribution is -0.113.